The maximum atomic E-state index is 11.7. The van der Waals surface area contributed by atoms with Crippen molar-refractivity contribution in [2.75, 3.05) is 11.2 Å². The minimum Gasteiger partial charge on any atom is -0.326 e. The minimum absolute atomic E-state index is 0.107. The van der Waals surface area contributed by atoms with Crippen LogP contribution in [0.4, 0.5) is 5.69 Å². The van der Waals surface area contributed by atoms with E-state index in [0.29, 0.717) is 25.1 Å². The van der Waals surface area contributed by atoms with E-state index in [1.165, 1.54) is 0 Å². The number of benzene rings is 1. The molecular formula is C15H20ClNO2. The van der Waals surface area contributed by atoms with Gasteiger partial charge in [0.15, 0.2) is 0 Å². The Labute approximate surface area is 119 Å². The second-order valence-electron chi connectivity index (χ2n) is 4.51. The third-order valence-corrected chi connectivity index (χ3v) is 2.93. The third-order valence-electron chi connectivity index (χ3n) is 2.74. The van der Waals surface area contributed by atoms with E-state index in [0.717, 1.165) is 24.1 Å². The van der Waals surface area contributed by atoms with Gasteiger partial charge in [-0.25, -0.2) is 0 Å². The highest BCUT2D eigenvalue weighted by Crippen LogP contribution is 2.13. The highest BCUT2D eigenvalue weighted by Gasteiger charge is 2.05. The molecular weight excluding hydrogens is 262 g/mol. The van der Waals surface area contributed by atoms with E-state index in [-0.39, 0.29) is 11.7 Å². The Bertz CT molecular complexity index is 432. The minimum atomic E-state index is -0.107. The maximum Gasteiger partial charge on any atom is 0.225 e. The molecule has 0 aliphatic rings. The van der Waals surface area contributed by atoms with Crippen LogP contribution in [0.3, 0.4) is 0 Å². The summed E-state index contributed by atoms with van der Waals surface area (Å²) in [5.41, 5.74) is 1.65. The molecule has 0 aliphatic carbocycles. The second kappa shape index (κ2) is 8.70. The lowest BCUT2D eigenvalue weighted by Gasteiger charge is -2.06. The SMILES string of the molecule is CCCCC(=O)Cc1cccc(NC(=O)CCCl)c1. The maximum absolute atomic E-state index is 11.7. The highest BCUT2D eigenvalue weighted by molar-refractivity contribution is 6.19. The van der Waals surface area contributed by atoms with Crippen molar-refractivity contribution < 1.29 is 9.59 Å². The highest BCUT2D eigenvalue weighted by atomic mass is 35.5. The van der Waals surface area contributed by atoms with Crippen LogP contribution >= 0.6 is 11.6 Å². The van der Waals surface area contributed by atoms with Gasteiger partial charge in [-0.1, -0.05) is 25.5 Å². The molecule has 0 spiro atoms. The van der Waals surface area contributed by atoms with Crippen LogP contribution < -0.4 is 5.32 Å². The van der Waals surface area contributed by atoms with E-state index in [1.54, 1.807) is 0 Å². The van der Waals surface area contributed by atoms with Crippen LogP contribution in [-0.2, 0) is 16.0 Å². The van der Waals surface area contributed by atoms with Crippen LogP contribution in [0.1, 0.15) is 38.2 Å². The number of hydrogen-bond acceptors (Lipinski definition) is 2. The Morgan fingerprint density at radius 3 is 2.74 bits per heavy atom. The smallest absolute Gasteiger partial charge is 0.225 e. The van der Waals surface area contributed by atoms with E-state index in [4.69, 9.17) is 11.6 Å². The first-order valence-corrected chi connectivity index (χ1v) is 7.15. The quantitative estimate of drug-likeness (QED) is 0.741. The number of unbranched alkanes of at least 4 members (excludes halogenated alkanes) is 1. The zero-order chi connectivity index (χ0) is 14.1. The van der Waals surface area contributed by atoms with Gasteiger partial charge in [0.25, 0.3) is 0 Å². The van der Waals surface area contributed by atoms with Crippen LogP contribution in [-0.4, -0.2) is 17.6 Å². The lowest BCUT2D eigenvalue weighted by atomic mass is 10.0. The molecule has 0 radical (unpaired) electrons. The molecule has 1 rings (SSSR count). The molecule has 1 N–H and O–H groups in total. The Hall–Kier alpha value is -1.35. The van der Waals surface area contributed by atoms with E-state index in [9.17, 15) is 9.59 Å². The molecule has 0 saturated heterocycles. The van der Waals surface area contributed by atoms with Crippen molar-refractivity contribution in [3.05, 3.63) is 29.8 Å². The molecule has 19 heavy (non-hydrogen) atoms. The van der Waals surface area contributed by atoms with Crippen molar-refractivity contribution >= 4 is 29.0 Å². The molecule has 0 saturated carbocycles. The Morgan fingerprint density at radius 1 is 1.26 bits per heavy atom. The standard InChI is InChI=1S/C15H20ClNO2/c1-2-3-7-14(18)11-12-5-4-6-13(10-12)17-15(19)8-9-16/h4-6,10H,2-3,7-9,11H2,1H3,(H,17,19). The summed E-state index contributed by atoms with van der Waals surface area (Å²) in [6.45, 7) is 2.07. The molecule has 0 heterocycles. The van der Waals surface area contributed by atoms with Crippen molar-refractivity contribution in [3.63, 3.8) is 0 Å². The van der Waals surface area contributed by atoms with Crippen molar-refractivity contribution in [2.45, 2.75) is 39.0 Å². The first kappa shape index (κ1) is 15.7. The second-order valence-corrected chi connectivity index (χ2v) is 4.88. The topological polar surface area (TPSA) is 46.2 Å². The Balaban J connectivity index is 2.56. The van der Waals surface area contributed by atoms with Crippen molar-refractivity contribution in [1.82, 2.24) is 0 Å². The average Bonchev–Trinajstić information content (AvgIpc) is 2.37. The summed E-state index contributed by atoms with van der Waals surface area (Å²) < 4.78 is 0. The lowest BCUT2D eigenvalue weighted by Crippen LogP contribution is -2.12. The number of Topliss-reactive ketones (excluding diaryl/α,β-unsaturated/α-hetero) is 1. The van der Waals surface area contributed by atoms with Crippen molar-refractivity contribution in [3.8, 4) is 0 Å². The van der Waals surface area contributed by atoms with Gasteiger partial charge in [0.1, 0.15) is 5.78 Å². The number of carbonyl (C=O) groups is 2. The van der Waals surface area contributed by atoms with Crippen molar-refractivity contribution in [2.24, 2.45) is 0 Å². The predicted octanol–water partition coefficient (Wildman–Crippen LogP) is 3.56. The number of ketones is 1. The molecule has 0 atom stereocenters. The van der Waals surface area contributed by atoms with Gasteiger partial charge in [0.05, 0.1) is 0 Å². The summed E-state index contributed by atoms with van der Waals surface area (Å²) in [5.74, 6) is 0.441. The zero-order valence-corrected chi connectivity index (χ0v) is 12.0. The Morgan fingerprint density at radius 2 is 2.05 bits per heavy atom. The van der Waals surface area contributed by atoms with E-state index in [1.807, 2.05) is 24.3 Å². The van der Waals surface area contributed by atoms with Gasteiger partial charge in [-0.05, 0) is 24.1 Å². The summed E-state index contributed by atoms with van der Waals surface area (Å²) in [5, 5.41) is 2.76. The molecule has 0 aromatic heterocycles. The van der Waals surface area contributed by atoms with Crippen molar-refractivity contribution in [1.29, 1.82) is 0 Å². The number of anilines is 1. The van der Waals surface area contributed by atoms with E-state index >= 15 is 0 Å². The zero-order valence-electron chi connectivity index (χ0n) is 11.2. The molecule has 104 valence electrons. The van der Waals surface area contributed by atoms with Crippen LogP contribution in [0.25, 0.3) is 0 Å². The first-order valence-electron chi connectivity index (χ1n) is 6.62. The molecule has 0 aliphatic heterocycles. The summed E-state index contributed by atoms with van der Waals surface area (Å²) in [4.78, 5) is 23.1. The largest absolute Gasteiger partial charge is 0.326 e. The average molecular weight is 282 g/mol. The number of amides is 1. The van der Waals surface area contributed by atoms with Gasteiger partial charge in [0, 0.05) is 30.8 Å². The van der Waals surface area contributed by atoms with Gasteiger partial charge < -0.3 is 5.32 Å². The molecule has 1 aromatic carbocycles. The summed E-state index contributed by atoms with van der Waals surface area (Å²) >= 11 is 5.51. The van der Waals surface area contributed by atoms with Gasteiger partial charge >= 0.3 is 0 Å². The fraction of sp³-hybridized carbons (Fsp3) is 0.467. The molecule has 0 fully saturated rings. The van der Waals surface area contributed by atoms with Crippen LogP contribution in [0.2, 0.25) is 0 Å². The molecule has 3 nitrogen and oxygen atoms in total. The van der Waals surface area contributed by atoms with Gasteiger partial charge in [-0.2, -0.15) is 0 Å². The normalized spacial score (nSPS) is 10.2. The summed E-state index contributed by atoms with van der Waals surface area (Å²) in [7, 11) is 0. The third kappa shape index (κ3) is 6.39. The molecule has 0 bridgehead atoms. The van der Waals surface area contributed by atoms with Gasteiger partial charge in [-0.15, -0.1) is 11.6 Å². The fourth-order valence-electron chi connectivity index (χ4n) is 1.76. The van der Waals surface area contributed by atoms with E-state index < -0.39 is 0 Å². The number of hydrogen-bond donors (Lipinski definition) is 1. The first-order chi connectivity index (χ1) is 9.15. The fourth-order valence-corrected chi connectivity index (χ4v) is 1.93. The Kier molecular flexibility index (Phi) is 7.19. The van der Waals surface area contributed by atoms with Gasteiger partial charge in [-0.3, -0.25) is 9.59 Å². The summed E-state index contributed by atoms with van der Waals surface area (Å²) in [6.07, 6.45) is 3.31. The summed E-state index contributed by atoms with van der Waals surface area (Å²) in [6, 6.07) is 7.40. The number of carbonyl (C=O) groups excluding carboxylic acids is 2. The van der Waals surface area contributed by atoms with Crippen LogP contribution in [0.5, 0.6) is 0 Å². The monoisotopic (exact) mass is 281 g/mol. The number of nitrogens with one attached hydrogen (secondary N) is 1. The molecule has 1 amide bonds. The number of alkyl halides is 1. The molecule has 4 heteroatoms. The van der Waals surface area contributed by atoms with Gasteiger partial charge in [0.2, 0.25) is 5.91 Å². The van der Waals surface area contributed by atoms with Crippen LogP contribution in [0.15, 0.2) is 24.3 Å². The van der Waals surface area contributed by atoms with E-state index in [2.05, 4.69) is 12.2 Å². The number of halogens is 1. The molecule has 1 aromatic rings. The number of rotatable bonds is 8. The molecule has 0 unspecified atom stereocenters. The lowest BCUT2D eigenvalue weighted by molar-refractivity contribution is -0.118. The van der Waals surface area contributed by atoms with Crippen LogP contribution in [0, 0.1) is 0 Å². The predicted molar refractivity (Wildman–Crippen MR) is 78.6 cm³/mol.